The summed E-state index contributed by atoms with van der Waals surface area (Å²) in [5.74, 6) is -0.506. The van der Waals surface area contributed by atoms with Gasteiger partial charge >= 0.3 is 0 Å². The summed E-state index contributed by atoms with van der Waals surface area (Å²) in [6.07, 6.45) is 0.412. The molecule has 0 radical (unpaired) electrons. The first-order valence-corrected chi connectivity index (χ1v) is 7.36. The second-order valence-electron chi connectivity index (χ2n) is 5.28. The number of amides is 1. The number of nitrogens with zero attached hydrogens (tertiary/aromatic N) is 1. The molecule has 0 aromatic heterocycles. The Morgan fingerprint density at radius 1 is 1.50 bits per heavy atom. The number of hydrogen-bond acceptors (Lipinski definition) is 4. The smallest absolute Gasteiger partial charge is 0.260 e. The van der Waals surface area contributed by atoms with Crippen LogP contribution in [0.2, 0.25) is 5.02 Å². The van der Waals surface area contributed by atoms with Crippen LogP contribution in [0.3, 0.4) is 0 Å². The van der Waals surface area contributed by atoms with Crippen molar-refractivity contribution in [3.8, 4) is 5.75 Å². The predicted octanol–water partition coefficient (Wildman–Crippen LogP) is 1.85. The van der Waals surface area contributed by atoms with Gasteiger partial charge < -0.3 is 19.5 Å². The molecule has 0 bridgehead atoms. The van der Waals surface area contributed by atoms with Crippen molar-refractivity contribution < 1.29 is 23.8 Å². The van der Waals surface area contributed by atoms with E-state index in [1.807, 2.05) is 0 Å². The lowest BCUT2D eigenvalue weighted by Gasteiger charge is -2.28. The minimum Gasteiger partial charge on any atom is -0.484 e. The Morgan fingerprint density at radius 3 is 2.82 bits per heavy atom. The lowest BCUT2D eigenvalue weighted by Crippen LogP contribution is -2.46. The maximum atomic E-state index is 13.0. The summed E-state index contributed by atoms with van der Waals surface area (Å²) in [6, 6.07) is 3.60. The van der Waals surface area contributed by atoms with Crippen LogP contribution in [0.1, 0.15) is 12.8 Å². The predicted molar refractivity (Wildman–Crippen MR) is 79.5 cm³/mol. The normalized spacial score (nSPS) is 24.3. The lowest BCUT2D eigenvalue weighted by atomic mass is 10.2. The number of ether oxygens (including phenoxy) is 2. The summed E-state index contributed by atoms with van der Waals surface area (Å²) in [6.45, 7) is -0.209. The molecule has 0 heterocycles. The van der Waals surface area contributed by atoms with Crippen molar-refractivity contribution in [3.05, 3.63) is 29.0 Å². The van der Waals surface area contributed by atoms with E-state index >= 15 is 0 Å². The van der Waals surface area contributed by atoms with Crippen LogP contribution in [0.4, 0.5) is 4.39 Å². The Bertz CT molecular complexity index is 542. The molecule has 22 heavy (non-hydrogen) atoms. The fraction of sp³-hybridized carbons (Fsp3) is 0.533. The van der Waals surface area contributed by atoms with Gasteiger partial charge in [0.2, 0.25) is 0 Å². The second kappa shape index (κ2) is 7.26. The van der Waals surface area contributed by atoms with Gasteiger partial charge in [-0.25, -0.2) is 4.39 Å². The number of rotatable bonds is 5. The second-order valence-corrected chi connectivity index (χ2v) is 5.69. The van der Waals surface area contributed by atoms with Crippen molar-refractivity contribution in [2.75, 3.05) is 20.8 Å². The largest absolute Gasteiger partial charge is 0.484 e. The van der Waals surface area contributed by atoms with Gasteiger partial charge in [0.25, 0.3) is 5.91 Å². The molecule has 1 aromatic rings. The average molecular weight is 332 g/mol. The Balaban J connectivity index is 1.90. The van der Waals surface area contributed by atoms with Gasteiger partial charge in [0.15, 0.2) is 6.61 Å². The molecule has 1 amide bonds. The molecule has 5 nitrogen and oxygen atoms in total. The molecule has 1 N–H and O–H groups in total. The SMILES string of the molecule is CO[C@@H]1CC[C@@H](N(C)C(=O)COc2ccc(F)c(Cl)c2)[C@H]1O. The maximum Gasteiger partial charge on any atom is 0.260 e. The first-order chi connectivity index (χ1) is 10.4. The zero-order chi connectivity index (χ0) is 16.3. The highest BCUT2D eigenvalue weighted by atomic mass is 35.5. The van der Waals surface area contributed by atoms with E-state index in [2.05, 4.69) is 0 Å². The van der Waals surface area contributed by atoms with Crippen LogP contribution in [0.25, 0.3) is 0 Å². The van der Waals surface area contributed by atoms with Crippen LogP contribution in [0, 0.1) is 5.82 Å². The summed E-state index contributed by atoms with van der Waals surface area (Å²) >= 11 is 5.65. The molecular formula is C15H19ClFNO4. The van der Waals surface area contributed by atoms with Crippen molar-refractivity contribution >= 4 is 17.5 Å². The molecule has 1 saturated carbocycles. The quantitative estimate of drug-likeness (QED) is 0.894. The van der Waals surface area contributed by atoms with E-state index in [4.69, 9.17) is 21.1 Å². The van der Waals surface area contributed by atoms with Crippen LogP contribution in [-0.4, -0.2) is 54.9 Å². The molecule has 2 rings (SSSR count). The van der Waals surface area contributed by atoms with E-state index in [1.54, 1.807) is 14.2 Å². The third-order valence-corrected chi connectivity index (χ3v) is 4.26. The third kappa shape index (κ3) is 3.69. The number of halogens is 2. The summed E-state index contributed by atoms with van der Waals surface area (Å²) < 4.78 is 23.5. The summed E-state index contributed by atoms with van der Waals surface area (Å²) in [7, 11) is 3.16. The van der Waals surface area contributed by atoms with Gasteiger partial charge in [0, 0.05) is 20.2 Å². The fourth-order valence-corrected chi connectivity index (χ4v) is 2.77. The van der Waals surface area contributed by atoms with Crippen LogP contribution < -0.4 is 4.74 Å². The molecule has 1 aliphatic rings. The van der Waals surface area contributed by atoms with Crippen molar-refractivity contribution in [1.82, 2.24) is 4.90 Å². The van der Waals surface area contributed by atoms with Crippen LogP contribution in [-0.2, 0) is 9.53 Å². The van der Waals surface area contributed by atoms with Gasteiger partial charge in [0.1, 0.15) is 17.7 Å². The maximum absolute atomic E-state index is 13.0. The molecule has 0 spiro atoms. The van der Waals surface area contributed by atoms with Crippen LogP contribution >= 0.6 is 11.6 Å². The van der Waals surface area contributed by atoms with Crippen molar-refractivity contribution in [2.45, 2.75) is 31.1 Å². The van der Waals surface area contributed by atoms with Gasteiger partial charge in [-0.15, -0.1) is 0 Å². The van der Waals surface area contributed by atoms with Crippen molar-refractivity contribution in [3.63, 3.8) is 0 Å². The molecule has 122 valence electrons. The Kier molecular flexibility index (Phi) is 5.61. The molecule has 1 aliphatic carbocycles. The number of aliphatic hydroxyl groups excluding tert-OH is 1. The molecular weight excluding hydrogens is 313 g/mol. The van der Waals surface area contributed by atoms with E-state index < -0.39 is 11.9 Å². The summed E-state index contributed by atoms with van der Waals surface area (Å²) in [5, 5.41) is 10.0. The van der Waals surface area contributed by atoms with Gasteiger partial charge in [-0.05, 0) is 25.0 Å². The first-order valence-electron chi connectivity index (χ1n) is 6.98. The van der Waals surface area contributed by atoms with Gasteiger partial charge in [-0.2, -0.15) is 0 Å². The Hall–Kier alpha value is -1.37. The van der Waals surface area contributed by atoms with E-state index in [-0.39, 0.29) is 29.7 Å². The highest BCUT2D eigenvalue weighted by Gasteiger charge is 2.38. The molecule has 3 atom stereocenters. The van der Waals surface area contributed by atoms with E-state index in [0.717, 1.165) is 0 Å². The fourth-order valence-electron chi connectivity index (χ4n) is 2.60. The Morgan fingerprint density at radius 2 is 2.23 bits per heavy atom. The van der Waals surface area contributed by atoms with E-state index in [1.165, 1.54) is 23.1 Å². The van der Waals surface area contributed by atoms with Crippen LogP contribution in [0.15, 0.2) is 18.2 Å². The molecule has 0 unspecified atom stereocenters. The van der Waals surface area contributed by atoms with E-state index in [9.17, 15) is 14.3 Å². The molecule has 1 fully saturated rings. The highest BCUT2D eigenvalue weighted by molar-refractivity contribution is 6.30. The number of hydrogen-bond donors (Lipinski definition) is 1. The third-order valence-electron chi connectivity index (χ3n) is 3.97. The number of likely N-dealkylation sites (N-methyl/N-ethyl adjacent to an activating group) is 1. The topological polar surface area (TPSA) is 59.0 Å². The standard InChI is InChI=1S/C15H19ClFNO4/c1-18(12-5-6-13(21-2)15(12)20)14(19)8-22-9-3-4-11(17)10(16)7-9/h3-4,7,12-13,15,20H,5-6,8H2,1-2H3/t12-,13-,15-/m1/s1. The van der Waals surface area contributed by atoms with Gasteiger partial charge in [0.05, 0.1) is 17.2 Å². The zero-order valence-electron chi connectivity index (χ0n) is 12.5. The summed E-state index contributed by atoms with van der Waals surface area (Å²) in [5.41, 5.74) is 0. The molecule has 0 aliphatic heterocycles. The lowest BCUT2D eigenvalue weighted by molar-refractivity contribution is -0.136. The number of carbonyl (C=O) groups is 1. The van der Waals surface area contributed by atoms with Crippen molar-refractivity contribution in [1.29, 1.82) is 0 Å². The minimum atomic E-state index is -0.709. The Labute approximate surface area is 133 Å². The number of benzene rings is 1. The first kappa shape index (κ1) is 17.0. The molecule has 0 saturated heterocycles. The van der Waals surface area contributed by atoms with Gasteiger partial charge in [-0.3, -0.25) is 4.79 Å². The monoisotopic (exact) mass is 331 g/mol. The molecule has 1 aromatic carbocycles. The summed E-state index contributed by atoms with van der Waals surface area (Å²) in [4.78, 5) is 13.6. The van der Waals surface area contributed by atoms with Crippen molar-refractivity contribution in [2.24, 2.45) is 0 Å². The molecule has 7 heteroatoms. The minimum absolute atomic E-state index is 0.0625. The van der Waals surface area contributed by atoms with E-state index in [0.29, 0.717) is 18.6 Å². The zero-order valence-corrected chi connectivity index (χ0v) is 13.2. The van der Waals surface area contributed by atoms with Crippen LogP contribution in [0.5, 0.6) is 5.75 Å². The highest BCUT2D eigenvalue weighted by Crippen LogP contribution is 2.26. The van der Waals surface area contributed by atoms with Gasteiger partial charge in [-0.1, -0.05) is 11.6 Å². The number of methoxy groups -OCH3 is 1. The number of carbonyl (C=O) groups excluding carboxylic acids is 1. The number of aliphatic hydroxyl groups is 1. The average Bonchev–Trinajstić information content (AvgIpc) is 2.88.